The molecule has 1 amide bonds. The van der Waals surface area contributed by atoms with Crippen LogP contribution in [0.25, 0.3) is 0 Å². The SMILES string of the molecule is Cc1ccc(C2CN(C(=O)c3ccoc3)CCO2)cc1. The van der Waals surface area contributed by atoms with Gasteiger partial charge in [0, 0.05) is 6.54 Å². The molecule has 2 aromatic rings. The van der Waals surface area contributed by atoms with Crippen molar-refractivity contribution in [3.05, 3.63) is 59.5 Å². The van der Waals surface area contributed by atoms with E-state index in [9.17, 15) is 4.79 Å². The van der Waals surface area contributed by atoms with Gasteiger partial charge in [0.1, 0.15) is 12.4 Å². The number of morpholine rings is 1. The van der Waals surface area contributed by atoms with Crippen molar-refractivity contribution in [2.75, 3.05) is 19.7 Å². The van der Waals surface area contributed by atoms with Gasteiger partial charge in [-0.3, -0.25) is 4.79 Å². The van der Waals surface area contributed by atoms with Gasteiger partial charge in [-0.2, -0.15) is 0 Å². The highest BCUT2D eigenvalue weighted by Gasteiger charge is 2.26. The van der Waals surface area contributed by atoms with Crippen molar-refractivity contribution in [2.24, 2.45) is 0 Å². The lowest BCUT2D eigenvalue weighted by atomic mass is 10.1. The molecule has 1 aromatic heterocycles. The van der Waals surface area contributed by atoms with Gasteiger partial charge in [0.25, 0.3) is 5.91 Å². The molecule has 2 heterocycles. The second-order valence-corrected chi connectivity index (χ2v) is 5.03. The second kappa shape index (κ2) is 5.51. The van der Waals surface area contributed by atoms with Crippen LogP contribution in [-0.2, 0) is 4.74 Å². The molecular formula is C16H17NO3. The third kappa shape index (κ3) is 2.60. The maximum atomic E-state index is 12.3. The Morgan fingerprint density at radius 1 is 1.25 bits per heavy atom. The minimum absolute atomic E-state index is 0.000776. The van der Waals surface area contributed by atoms with Gasteiger partial charge in [-0.05, 0) is 18.6 Å². The van der Waals surface area contributed by atoms with Crippen LogP contribution in [0.2, 0.25) is 0 Å². The number of hydrogen-bond donors (Lipinski definition) is 0. The van der Waals surface area contributed by atoms with E-state index in [1.807, 2.05) is 4.90 Å². The van der Waals surface area contributed by atoms with Gasteiger partial charge in [0.05, 0.1) is 25.0 Å². The third-order valence-electron chi connectivity index (χ3n) is 3.57. The maximum Gasteiger partial charge on any atom is 0.257 e. The molecule has 1 saturated heterocycles. The first-order chi connectivity index (χ1) is 9.74. The number of benzene rings is 1. The van der Waals surface area contributed by atoms with Crippen LogP contribution in [0, 0.1) is 6.92 Å². The summed E-state index contributed by atoms with van der Waals surface area (Å²) in [6.07, 6.45) is 2.95. The van der Waals surface area contributed by atoms with Crippen molar-refractivity contribution in [1.29, 1.82) is 0 Å². The summed E-state index contributed by atoms with van der Waals surface area (Å²) < 4.78 is 10.8. The topological polar surface area (TPSA) is 42.7 Å². The molecule has 0 radical (unpaired) electrons. The predicted molar refractivity (Wildman–Crippen MR) is 74.5 cm³/mol. The van der Waals surface area contributed by atoms with Crippen molar-refractivity contribution in [3.63, 3.8) is 0 Å². The molecule has 4 nitrogen and oxygen atoms in total. The molecule has 1 aliphatic heterocycles. The summed E-state index contributed by atoms with van der Waals surface area (Å²) in [5, 5.41) is 0. The number of aryl methyl sites for hydroxylation is 1. The molecule has 1 aromatic carbocycles. The lowest BCUT2D eigenvalue weighted by molar-refractivity contribution is -0.0228. The quantitative estimate of drug-likeness (QED) is 0.843. The highest BCUT2D eigenvalue weighted by molar-refractivity contribution is 5.93. The van der Waals surface area contributed by atoms with E-state index < -0.39 is 0 Å². The molecule has 1 atom stereocenters. The van der Waals surface area contributed by atoms with Crippen molar-refractivity contribution < 1.29 is 13.9 Å². The van der Waals surface area contributed by atoms with E-state index in [-0.39, 0.29) is 12.0 Å². The van der Waals surface area contributed by atoms with Crippen LogP contribution < -0.4 is 0 Å². The zero-order chi connectivity index (χ0) is 13.9. The van der Waals surface area contributed by atoms with E-state index in [0.29, 0.717) is 25.3 Å². The van der Waals surface area contributed by atoms with Gasteiger partial charge in [0.2, 0.25) is 0 Å². The number of hydrogen-bond acceptors (Lipinski definition) is 3. The number of carbonyl (C=O) groups excluding carboxylic acids is 1. The van der Waals surface area contributed by atoms with Crippen LogP contribution >= 0.6 is 0 Å². The molecule has 0 N–H and O–H groups in total. The minimum atomic E-state index is -0.0554. The predicted octanol–water partition coefficient (Wildman–Crippen LogP) is 2.80. The van der Waals surface area contributed by atoms with Crippen LogP contribution in [-0.4, -0.2) is 30.5 Å². The van der Waals surface area contributed by atoms with Crippen molar-refractivity contribution >= 4 is 5.91 Å². The first kappa shape index (κ1) is 12.9. The first-order valence-corrected chi connectivity index (χ1v) is 6.73. The average molecular weight is 271 g/mol. The standard InChI is InChI=1S/C16H17NO3/c1-12-2-4-13(5-3-12)15-10-17(7-9-20-15)16(18)14-6-8-19-11-14/h2-6,8,11,15H,7,9-10H2,1H3. The van der Waals surface area contributed by atoms with Gasteiger partial charge < -0.3 is 14.1 Å². The minimum Gasteiger partial charge on any atom is -0.472 e. The maximum absolute atomic E-state index is 12.3. The van der Waals surface area contributed by atoms with Crippen molar-refractivity contribution in [3.8, 4) is 0 Å². The Hall–Kier alpha value is -2.07. The monoisotopic (exact) mass is 271 g/mol. The zero-order valence-corrected chi connectivity index (χ0v) is 11.4. The Labute approximate surface area is 118 Å². The van der Waals surface area contributed by atoms with Crippen LogP contribution in [0.3, 0.4) is 0 Å². The Kier molecular flexibility index (Phi) is 3.56. The molecule has 3 rings (SSSR count). The summed E-state index contributed by atoms with van der Waals surface area (Å²) in [5.74, 6) is -0.000776. The van der Waals surface area contributed by atoms with E-state index >= 15 is 0 Å². The van der Waals surface area contributed by atoms with Gasteiger partial charge in [0.15, 0.2) is 0 Å². The molecular weight excluding hydrogens is 254 g/mol. The molecule has 0 aliphatic carbocycles. The number of amides is 1. The Bertz CT molecular complexity index is 574. The fourth-order valence-corrected chi connectivity index (χ4v) is 2.39. The Morgan fingerprint density at radius 3 is 2.75 bits per heavy atom. The van der Waals surface area contributed by atoms with Gasteiger partial charge in [-0.15, -0.1) is 0 Å². The number of ether oxygens (including phenoxy) is 1. The summed E-state index contributed by atoms with van der Waals surface area (Å²) in [4.78, 5) is 14.1. The van der Waals surface area contributed by atoms with Crippen LogP contribution in [0.1, 0.15) is 27.6 Å². The molecule has 0 saturated carbocycles. The van der Waals surface area contributed by atoms with Crippen LogP contribution in [0.4, 0.5) is 0 Å². The molecule has 20 heavy (non-hydrogen) atoms. The van der Waals surface area contributed by atoms with E-state index in [1.165, 1.54) is 18.1 Å². The van der Waals surface area contributed by atoms with Gasteiger partial charge in [-0.25, -0.2) is 0 Å². The number of furan rings is 1. The summed E-state index contributed by atoms with van der Waals surface area (Å²) in [6.45, 7) is 3.81. The summed E-state index contributed by atoms with van der Waals surface area (Å²) in [5.41, 5.74) is 2.92. The summed E-state index contributed by atoms with van der Waals surface area (Å²) in [6, 6.07) is 9.95. The molecule has 0 spiro atoms. The smallest absolute Gasteiger partial charge is 0.257 e. The highest BCUT2D eigenvalue weighted by Crippen LogP contribution is 2.23. The van der Waals surface area contributed by atoms with Crippen LogP contribution in [0.15, 0.2) is 47.3 Å². The van der Waals surface area contributed by atoms with Crippen molar-refractivity contribution in [2.45, 2.75) is 13.0 Å². The highest BCUT2D eigenvalue weighted by atomic mass is 16.5. The second-order valence-electron chi connectivity index (χ2n) is 5.03. The Morgan fingerprint density at radius 2 is 2.05 bits per heavy atom. The third-order valence-corrected chi connectivity index (χ3v) is 3.57. The molecule has 0 bridgehead atoms. The molecule has 1 aliphatic rings. The molecule has 104 valence electrons. The van der Waals surface area contributed by atoms with Gasteiger partial charge in [-0.1, -0.05) is 29.8 Å². The summed E-state index contributed by atoms with van der Waals surface area (Å²) >= 11 is 0. The number of carbonyl (C=O) groups is 1. The first-order valence-electron chi connectivity index (χ1n) is 6.73. The number of rotatable bonds is 2. The Balaban J connectivity index is 1.73. The van der Waals surface area contributed by atoms with E-state index in [0.717, 1.165) is 5.56 Å². The molecule has 1 fully saturated rings. The van der Waals surface area contributed by atoms with Gasteiger partial charge >= 0.3 is 0 Å². The molecule has 4 heteroatoms. The van der Waals surface area contributed by atoms with Crippen molar-refractivity contribution in [1.82, 2.24) is 4.90 Å². The van der Waals surface area contributed by atoms with E-state index in [2.05, 4.69) is 31.2 Å². The summed E-state index contributed by atoms with van der Waals surface area (Å²) in [7, 11) is 0. The normalized spacial score (nSPS) is 19.1. The van der Waals surface area contributed by atoms with E-state index in [1.54, 1.807) is 6.07 Å². The lowest BCUT2D eigenvalue weighted by Gasteiger charge is -2.33. The average Bonchev–Trinajstić information content (AvgIpc) is 3.01. The van der Waals surface area contributed by atoms with E-state index in [4.69, 9.17) is 9.15 Å². The largest absolute Gasteiger partial charge is 0.472 e. The van der Waals surface area contributed by atoms with Crippen LogP contribution in [0.5, 0.6) is 0 Å². The fraction of sp³-hybridized carbons (Fsp3) is 0.312. The molecule has 1 unspecified atom stereocenters. The zero-order valence-electron chi connectivity index (χ0n) is 11.4. The fourth-order valence-electron chi connectivity index (χ4n) is 2.39. The number of nitrogens with zero attached hydrogens (tertiary/aromatic N) is 1. The lowest BCUT2D eigenvalue weighted by Crippen LogP contribution is -2.42.